The molecule has 0 saturated heterocycles. The van der Waals surface area contributed by atoms with Gasteiger partial charge in [-0.15, -0.1) is 11.3 Å². The van der Waals surface area contributed by atoms with Crippen molar-refractivity contribution in [1.82, 2.24) is 14.4 Å². The fourth-order valence-corrected chi connectivity index (χ4v) is 3.53. The van der Waals surface area contributed by atoms with Crippen molar-refractivity contribution in [2.75, 3.05) is 5.32 Å². The third-order valence-corrected chi connectivity index (χ3v) is 5.02. The van der Waals surface area contributed by atoms with Gasteiger partial charge in [-0.1, -0.05) is 12.1 Å². The van der Waals surface area contributed by atoms with E-state index in [4.69, 9.17) is 0 Å². The lowest BCUT2D eigenvalue weighted by Gasteiger charge is -2.04. The van der Waals surface area contributed by atoms with Crippen LogP contribution < -0.4 is 5.32 Å². The van der Waals surface area contributed by atoms with Gasteiger partial charge in [0.15, 0.2) is 0 Å². The van der Waals surface area contributed by atoms with Crippen molar-refractivity contribution >= 4 is 34.4 Å². The summed E-state index contributed by atoms with van der Waals surface area (Å²) in [5.41, 5.74) is 2.22. The molecule has 0 spiro atoms. The first kappa shape index (κ1) is 16.9. The number of thiophene rings is 1. The first-order valence-electron chi connectivity index (χ1n) is 7.97. The Balaban J connectivity index is 1.53. The van der Waals surface area contributed by atoms with Gasteiger partial charge in [0.2, 0.25) is 5.78 Å². The van der Waals surface area contributed by atoms with Crippen LogP contribution in [0.15, 0.2) is 55.0 Å². The number of nitro groups is 1. The molecule has 1 amide bonds. The summed E-state index contributed by atoms with van der Waals surface area (Å²) >= 11 is 1.10. The van der Waals surface area contributed by atoms with Crippen LogP contribution in [0.5, 0.6) is 0 Å². The predicted octanol–water partition coefficient (Wildman–Crippen LogP) is 3.93. The summed E-state index contributed by atoms with van der Waals surface area (Å²) in [6, 6.07) is 10.3. The van der Waals surface area contributed by atoms with Crippen LogP contribution in [0.25, 0.3) is 17.0 Å². The third-order valence-electron chi connectivity index (χ3n) is 3.99. The van der Waals surface area contributed by atoms with Crippen LogP contribution >= 0.6 is 11.3 Å². The van der Waals surface area contributed by atoms with Crippen molar-refractivity contribution in [2.24, 2.45) is 0 Å². The van der Waals surface area contributed by atoms with Gasteiger partial charge >= 0.3 is 0 Å². The van der Waals surface area contributed by atoms with Crippen LogP contribution in [-0.4, -0.2) is 25.2 Å². The Bertz CT molecular complexity index is 1130. The van der Waals surface area contributed by atoms with Gasteiger partial charge in [0.05, 0.1) is 20.4 Å². The smallest absolute Gasteiger partial charge is 0.283 e. The summed E-state index contributed by atoms with van der Waals surface area (Å²) in [4.78, 5) is 32.2. The molecule has 0 saturated carbocycles. The molecule has 4 aromatic rings. The van der Waals surface area contributed by atoms with E-state index in [1.54, 1.807) is 25.3 Å². The zero-order valence-electron chi connectivity index (χ0n) is 14.1. The van der Waals surface area contributed by atoms with Gasteiger partial charge in [-0.05, 0) is 25.1 Å². The van der Waals surface area contributed by atoms with Crippen molar-refractivity contribution < 1.29 is 9.72 Å². The maximum Gasteiger partial charge on any atom is 0.283 e. The number of carbonyl (C=O) groups is 1. The second-order valence-corrected chi connectivity index (χ2v) is 7.05. The van der Waals surface area contributed by atoms with E-state index >= 15 is 0 Å². The fourth-order valence-electron chi connectivity index (χ4n) is 2.65. The number of carbonyl (C=O) groups excluding carboxylic acids is 1. The van der Waals surface area contributed by atoms with Crippen molar-refractivity contribution in [3.63, 3.8) is 0 Å². The first-order valence-corrected chi connectivity index (χ1v) is 8.79. The van der Waals surface area contributed by atoms with Crippen LogP contribution in [0.1, 0.15) is 14.5 Å². The summed E-state index contributed by atoms with van der Waals surface area (Å²) < 4.78 is 1.83. The molecule has 1 aromatic carbocycles. The van der Waals surface area contributed by atoms with Gasteiger partial charge in [-0.25, -0.2) is 9.97 Å². The Hall–Kier alpha value is -3.59. The summed E-state index contributed by atoms with van der Waals surface area (Å²) in [6.07, 6.45) is 5.43. The molecular formula is C18H13N5O3S. The largest absolute Gasteiger partial charge is 0.321 e. The molecule has 0 aliphatic heterocycles. The second kappa shape index (κ2) is 6.61. The third kappa shape index (κ3) is 3.27. The van der Waals surface area contributed by atoms with E-state index in [1.807, 2.05) is 35.0 Å². The normalized spacial score (nSPS) is 10.9. The zero-order valence-corrected chi connectivity index (χ0v) is 14.9. The highest BCUT2D eigenvalue weighted by Gasteiger charge is 2.19. The standard InChI is InChI=1S/C18H13N5O3S/c1-11-15(23(25)26)9-16(27-11)17(24)20-13-5-3-12(4-6-13)14-10-22-8-2-7-19-18(22)21-14/h2-10H,1H3,(H,20,24). The number of aromatic nitrogens is 3. The lowest BCUT2D eigenvalue weighted by molar-refractivity contribution is -0.385. The van der Waals surface area contributed by atoms with E-state index in [1.165, 1.54) is 6.07 Å². The van der Waals surface area contributed by atoms with Crippen LogP contribution in [0.2, 0.25) is 0 Å². The molecule has 3 heterocycles. The van der Waals surface area contributed by atoms with Crippen LogP contribution in [0.4, 0.5) is 11.4 Å². The zero-order chi connectivity index (χ0) is 19.0. The fraction of sp³-hybridized carbons (Fsp3) is 0.0556. The number of anilines is 1. The molecule has 27 heavy (non-hydrogen) atoms. The molecule has 0 unspecified atom stereocenters. The van der Waals surface area contributed by atoms with Gasteiger partial charge < -0.3 is 5.32 Å². The summed E-state index contributed by atoms with van der Waals surface area (Å²) in [7, 11) is 0. The van der Waals surface area contributed by atoms with E-state index in [9.17, 15) is 14.9 Å². The van der Waals surface area contributed by atoms with Gasteiger partial charge in [0, 0.05) is 35.9 Å². The number of nitrogens with zero attached hydrogens (tertiary/aromatic N) is 4. The van der Waals surface area contributed by atoms with Crippen molar-refractivity contribution in [2.45, 2.75) is 6.92 Å². The van der Waals surface area contributed by atoms with E-state index in [2.05, 4.69) is 15.3 Å². The average Bonchev–Trinajstić information content (AvgIpc) is 3.26. The number of imidazole rings is 1. The molecule has 0 aliphatic rings. The molecule has 3 aromatic heterocycles. The molecule has 4 rings (SSSR count). The maximum atomic E-state index is 12.3. The molecule has 134 valence electrons. The molecule has 1 N–H and O–H groups in total. The van der Waals surface area contributed by atoms with Gasteiger partial charge in [0.25, 0.3) is 11.6 Å². The molecule has 8 nitrogen and oxygen atoms in total. The average molecular weight is 379 g/mol. The number of benzene rings is 1. The Morgan fingerprint density at radius 3 is 2.74 bits per heavy atom. The minimum atomic E-state index is -0.485. The van der Waals surface area contributed by atoms with Crippen molar-refractivity contribution in [3.8, 4) is 11.3 Å². The minimum absolute atomic E-state index is 0.0408. The number of hydrogen-bond donors (Lipinski definition) is 1. The van der Waals surface area contributed by atoms with Crippen LogP contribution in [0.3, 0.4) is 0 Å². The number of amides is 1. The van der Waals surface area contributed by atoms with Crippen molar-refractivity contribution in [3.05, 3.63) is 74.9 Å². The van der Waals surface area contributed by atoms with E-state index in [0.717, 1.165) is 22.6 Å². The highest BCUT2D eigenvalue weighted by Crippen LogP contribution is 2.29. The topological polar surface area (TPSA) is 102 Å². The molecule has 0 aliphatic carbocycles. The van der Waals surface area contributed by atoms with E-state index in [-0.39, 0.29) is 11.6 Å². The minimum Gasteiger partial charge on any atom is -0.321 e. The number of rotatable bonds is 4. The van der Waals surface area contributed by atoms with Crippen LogP contribution in [0, 0.1) is 17.0 Å². The number of hydrogen-bond acceptors (Lipinski definition) is 6. The summed E-state index contributed by atoms with van der Waals surface area (Å²) in [5.74, 6) is 0.236. The number of nitrogens with one attached hydrogen (secondary N) is 1. The van der Waals surface area contributed by atoms with Crippen LogP contribution in [-0.2, 0) is 0 Å². The van der Waals surface area contributed by atoms with Gasteiger partial charge in [0.1, 0.15) is 0 Å². The first-order chi connectivity index (χ1) is 13.0. The number of fused-ring (bicyclic) bond motifs is 1. The Morgan fingerprint density at radius 1 is 1.30 bits per heavy atom. The maximum absolute atomic E-state index is 12.3. The number of aryl methyl sites for hydroxylation is 1. The predicted molar refractivity (Wildman–Crippen MR) is 102 cm³/mol. The van der Waals surface area contributed by atoms with Gasteiger partial charge in [-0.2, -0.15) is 0 Å². The second-order valence-electron chi connectivity index (χ2n) is 5.79. The monoisotopic (exact) mass is 379 g/mol. The highest BCUT2D eigenvalue weighted by molar-refractivity contribution is 7.14. The van der Waals surface area contributed by atoms with Gasteiger partial charge in [-0.3, -0.25) is 19.3 Å². The highest BCUT2D eigenvalue weighted by atomic mass is 32.1. The molecule has 0 bridgehead atoms. The Morgan fingerprint density at radius 2 is 2.07 bits per heavy atom. The quantitative estimate of drug-likeness (QED) is 0.427. The van der Waals surface area contributed by atoms with E-state index < -0.39 is 4.92 Å². The molecular weight excluding hydrogens is 366 g/mol. The Labute approximate surface area is 157 Å². The molecule has 0 atom stereocenters. The lowest BCUT2D eigenvalue weighted by atomic mass is 10.1. The molecule has 0 fully saturated rings. The molecule has 0 radical (unpaired) electrons. The summed E-state index contributed by atoms with van der Waals surface area (Å²) in [6.45, 7) is 1.62. The van der Waals surface area contributed by atoms with Crippen molar-refractivity contribution in [1.29, 1.82) is 0 Å². The van der Waals surface area contributed by atoms with E-state index in [0.29, 0.717) is 21.2 Å². The Kier molecular flexibility index (Phi) is 4.13. The lowest BCUT2D eigenvalue weighted by Crippen LogP contribution is -2.09. The summed E-state index contributed by atoms with van der Waals surface area (Å²) in [5, 5.41) is 13.7. The SMILES string of the molecule is Cc1sc(C(=O)Nc2ccc(-c3cn4cccnc4n3)cc2)cc1[N+](=O)[O-]. The molecule has 9 heteroatoms.